The number of methoxy groups -OCH3 is 1. The average Bonchev–Trinajstić information content (AvgIpc) is 2.52. The van der Waals surface area contributed by atoms with Crippen molar-refractivity contribution >= 4 is 61.2 Å². The Labute approximate surface area is 156 Å². The lowest BCUT2D eigenvalue weighted by Gasteiger charge is -2.10. The lowest BCUT2D eigenvalue weighted by Crippen LogP contribution is -2.02. The molecule has 2 aromatic rings. The predicted octanol–water partition coefficient (Wildman–Crippen LogP) is 5.57. The van der Waals surface area contributed by atoms with Gasteiger partial charge in [0.15, 0.2) is 0 Å². The van der Waals surface area contributed by atoms with Gasteiger partial charge in [-0.05, 0) is 68.0 Å². The summed E-state index contributed by atoms with van der Waals surface area (Å²) in [5.41, 5.74) is 1.51. The van der Waals surface area contributed by atoms with Crippen LogP contribution >= 0.6 is 43.6 Å². The fourth-order valence-electron chi connectivity index (χ4n) is 2.15. The summed E-state index contributed by atoms with van der Waals surface area (Å²) in [6, 6.07) is 10.9. The minimum Gasteiger partial charge on any atom is -0.496 e. The third kappa shape index (κ3) is 4.19. The van der Waals surface area contributed by atoms with Crippen LogP contribution in [0.25, 0.3) is 11.6 Å². The highest BCUT2D eigenvalue weighted by Crippen LogP contribution is 2.36. The van der Waals surface area contributed by atoms with Gasteiger partial charge in [-0.25, -0.2) is 4.79 Å². The molecule has 0 saturated heterocycles. The van der Waals surface area contributed by atoms with Crippen LogP contribution in [0.15, 0.2) is 50.2 Å². The molecule has 2 rings (SSSR count). The van der Waals surface area contributed by atoms with Crippen LogP contribution in [0.3, 0.4) is 0 Å². The first-order valence-corrected chi connectivity index (χ1v) is 9.40. The molecule has 2 aromatic carbocycles. The van der Waals surface area contributed by atoms with Gasteiger partial charge in [0.1, 0.15) is 5.75 Å². The molecule has 0 aliphatic heterocycles. The van der Waals surface area contributed by atoms with Gasteiger partial charge in [0.2, 0.25) is 0 Å². The fraction of sp³-hybridized carbons (Fsp3) is 0.118. The van der Waals surface area contributed by atoms with Crippen molar-refractivity contribution in [2.45, 2.75) is 4.90 Å². The van der Waals surface area contributed by atoms with Crippen molar-refractivity contribution in [3.8, 4) is 5.75 Å². The number of thioether (sulfide) groups is 1. The van der Waals surface area contributed by atoms with Crippen molar-refractivity contribution in [1.82, 2.24) is 0 Å². The summed E-state index contributed by atoms with van der Waals surface area (Å²) in [6.45, 7) is 0. The maximum atomic E-state index is 11.7. The number of hydrogen-bond donors (Lipinski definition) is 1. The molecule has 23 heavy (non-hydrogen) atoms. The summed E-state index contributed by atoms with van der Waals surface area (Å²) in [4.78, 5) is 12.8. The maximum Gasteiger partial charge on any atom is 0.336 e. The second-order valence-electron chi connectivity index (χ2n) is 4.58. The predicted molar refractivity (Wildman–Crippen MR) is 102 cm³/mol. The van der Waals surface area contributed by atoms with E-state index in [4.69, 9.17) is 4.74 Å². The number of para-hydroxylation sites is 1. The van der Waals surface area contributed by atoms with E-state index in [1.807, 2.05) is 24.5 Å². The number of rotatable bonds is 5. The molecule has 6 heteroatoms. The number of carboxylic acids is 1. The standard InChI is InChI=1S/C17H14Br2O3S/c1-22-15-6-4-3-5-11(15)12(17(20)21)7-10-8-13(18)16(23-2)14(19)9-10/h3-9H,1-2H3,(H,20,21)/b12-7+. The summed E-state index contributed by atoms with van der Waals surface area (Å²) in [5.74, 6) is -0.476. The molecule has 0 saturated carbocycles. The number of carbonyl (C=O) groups is 1. The van der Waals surface area contributed by atoms with Crippen LogP contribution in [-0.4, -0.2) is 24.4 Å². The first kappa shape index (κ1) is 18.1. The van der Waals surface area contributed by atoms with Gasteiger partial charge in [-0.1, -0.05) is 18.2 Å². The topological polar surface area (TPSA) is 46.5 Å². The van der Waals surface area contributed by atoms with E-state index in [1.54, 1.807) is 36.0 Å². The van der Waals surface area contributed by atoms with Gasteiger partial charge >= 0.3 is 5.97 Å². The molecule has 0 aliphatic rings. The van der Waals surface area contributed by atoms with Crippen molar-refractivity contribution in [3.05, 3.63) is 56.5 Å². The largest absolute Gasteiger partial charge is 0.496 e. The van der Waals surface area contributed by atoms with Crippen molar-refractivity contribution in [1.29, 1.82) is 0 Å². The van der Waals surface area contributed by atoms with Crippen LogP contribution in [-0.2, 0) is 4.79 Å². The molecule has 0 spiro atoms. The highest BCUT2D eigenvalue weighted by molar-refractivity contribution is 9.11. The summed E-state index contributed by atoms with van der Waals surface area (Å²) >= 11 is 8.64. The first-order chi connectivity index (χ1) is 11.0. The van der Waals surface area contributed by atoms with Crippen LogP contribution in [0.4, 0.5) is 0 Å². The molecule has 1 N–H and O–H groups in total. The molecule has 0 bridgehead atoms. The smallest absolute Gasteiger partial charge is 0.336 e. The Hall–Kier alpha value is -1.24. The molecule has 0 unspecified atom stereocenters. The summed E-state index contributed by atoms with van der Waals surface area (Å²) < 4.78 is 7.10. The molecule has 0 aromatic heterocycles. The molecule has 3 nitrogen and oxygen atoms in total. The molecule has 0 heterocycles. The third-order valence-electron chi connectivity index (χ3n) is 3.16. The van der Waals surface area contributed by atoms with E-state index in [0.717, 1.165) is 19.4 Å². The normalized spacial score (nSPS) is 11.4. The number of aliphatic carboxylic acids is 1. The average molecular weight is 458 g/mol. The van der Waals surface area contributed by atoms with Gasteiger partial charge in [-0.15, -0.1) is 11.8 Å². The van der Waals surface area contributed by atoms with Gasteiger partial charge < -0.3 is 9.84 Å². The number of hydrogen-bond acceptors (Lipinski definition) is 3. The molecule has 0 aliphatic carbocycles. The van der Waals surface area contributed by atoms with E-state index >= 15 is 0 Å². The Morgan fingerprint density at radius 2 is 1.83 bits per heavy atom. The second-order valence-corrected chi connectivity index (χ2v) is 7.11. The maximum absolute atomic E-state index is 11.7. The summed E-state index contributed by atoms with van der Waals surface area (Å²) in [5, 5.41) is 9.60. The lowest BCUT2D eigenvalue weighted by molar-refractivity contribution is -0.130. The quantitative estimate of drug-likeness (QED) is 0.362. The van der Waals surface area contributed by atoms with Crippen LogP contribution < -0.4 is 4.74 Å². The van der Waals surface area contributed by atoms with Crippen LogP contribution in [0.2, 0.25) is 0 Å². The minimum atomic E-state index is -1.00. The zero-order chi connectivity index (χ0) is 17.0. The Morgan fingerprint density at radius 3 is 2.35 bits per heavy atom. The first-order valence-electron chi connectivity index (χ1n) is 6.59. The number of halogens is 2. The Bertz CT molecular complexity index is 749. The van der Waals surface area contributed by atoms with Gasteiger partial charge in [0.25, 0.3) is 0 Å². The lowest BCUT2D eigenvalue weighted by atomic mass is 10.0. The van der Waals surface area contributed by atoms with Gasteiger partial charge in [-0.2, -0.15) is 0 Å². The molecular formula is C17H14Br2O3S. The Kier molecular flexibility index (Phi) is 6.33. The Morgan fingerprint density at radius 1 is 1.22 bits per heavy atom. The molecule has 0 fully saturated rings. The molecule has 120 valence electrons. The summed E-state index contributed by atoms with van der Waals surface area (Å²) in [6.07, 6.45) is 3.62. The van der Waals surface area contributed by atoms with Crippen LogP contribution in [0, 0.1) is 0 Å². The highest BCUT2D eigenvalue weighted by atomic mass is 79.9. The van der Waals surface area contributed by atoms with Crippen molar-refractivity contribution in [3.63, 3.8) is 0 Å². The zero-order valence-electron chi connectivity index (χ0n) is 12.5. The van der Waals surface area contributed by atoms with Crippen molar-refractivity contribution < 1.29 is 14.6 Å². The monoisotopic (exact) mass is 456 g/mol. The van der Waals surface area contributed by atoms with E-state index in [9.17, 15) is 9.90 Å². The molecular weight excluding hydrogens is 444 g/mol. The molecule has 0 radical (unpaired) electrons. The minimum absolute atomic E-state index is 0.179. The van der Waals surface area contributed by atoms with Gasteiger partial charge in [-0.3, -0.25) is 0 Å². The Balaban J connectivity index is 2.59. The number of benzene rings is 2. The van der Waals surface area contributed by atoms with E-state index in [0.29, 0.717) is 11.3 Å². The zero-order valence-corrected chi connectivity index (χ0v) is 16.5. The number of carboxylic acid groups (broad SMARTS) is 1. The second kappa shape index (κ2) is 8.04. The van der Waals surface area contributed by atoms with E-state index in [-0.39, 0.29) is 5.57 Å². The van der Waals surface area contributed by atoms with Gasteiger partial charge in [0, 0.05) is 19.4 Å². The van der Waals surface area contributed by atoms with E-state index in [1.165, 1.54) is 7.11 Å². The highest BCUT2D eigenvalue weighted by Gasteiger charge is 2.16. The van der Waals surface area contributed by atoms with Crippen LogP contribution in [0.5, 0.6) is 5.75 Å². The summed E-state index contributed by atoms with van der Waals surface area (Å²) in [7, 11) is 1.53. The van der Waals surface area contributed by atoms with Gasteiger partial charge in [0.05, 0.1) is 12.7 Å². The van der Waals surface area contributed by atoms with E-state index < -0.39 is 5.97 Å². The molecule has 0 atom stereocenters. The molecule has 0 amide bonds. The van der Waals surface area contributed by atoms with Crippen molar-refractivity contribution in [2.75, 3.05) is 13.4 Å². The third-order valence-corrected chi connectivity index (χ3v) is 5.79. The van der Waals surface area contributed by atoms with Crippen molar-refractivity contribution in [2.24, 2.45) is 0 Å². The van der Waals surface area contributed by atoms with E-state index in [2.05, 4.69) is 31.9 Å². The SMILES string of the molecule is COc1ccccc1/C(=C\c1cc(Br)c(SC)c(Br)c1)C(=O)O. The number of ether oxygens (including phenoxy) is 1. The fourth-order valence-corrected chi connectivity index (χ4v) is 4.85. The van der Waals surface area contributed by atoms with Crippen LogP contribution in [0.1, 0.15) is 11.1 Å².